The van der Waals surface area contributed by atoms with E-state index in [0.717, 1.165) is 3.57 Å². The fourth-order valence-electron chi connectivity index (χ4n) is 1.18. The van der Waals surface area contributed by atoms with Crippen molar-refractivity contribution in [3.05, 3.63) is 33.4 Å². The standard InChI is InChI=1S/C12H13IN2O4/c1-7(10(16)15-12(18)14-2)19-11(17)8-5-3-4-6-9(8)13/h3-7H,1-2H3,(H2,14,15,16,18)/t7-/m1/s1. The smallest absolute Gasteiger partial charge is 0.339 e. The van der Waals surface area contributed by atoms with Gasteiger partial charge < -0.3 is 10.1 Å². The molecule has 0 saturated carbocycles. The second-order valence-corrected chi connectivity index (χ2v) is 4.76. The summed E-state index contributed by atoms with van der Waals surface area (Å²) in [7, 11) is 1.38. The molecule has 3 amide bonds. The molecule has 2 N–H and O–H groups in total. The topological polar surface area (TPSA) is 84.5 Å². The molecule has 6 nitrogen and oxygen atoms in total. The first-order valence-electron chi connectivity index (χ1n) is 5.43. The Morgan fingerprint density at radius 2 is 1.89 bits per heavy atom. The van der Waals surface area contributed by atoms with Crippen molar-refractivity contribution in [2.24, 2.45) is 0 Å². The van der Waals surface area contributed by atoms with E-state index < -0.39 is 24.0 Å². The number of urea groups is 1. The number of ether oxygens (including phenoxy) is 1. The van der Waals surface area contributed by atoms with Crippen molar-refractivity contribution in [1.82, 2.24) is 10.6 Å². The van der Waals surface area contributed by atoms with Gasteiger partial charge in [0, 0.05) is 10.6 Å². The molecule has 0 unspecified atom stereocenters. The lowest BCUT2D eigenvalue weighted by Gasteiger charge is -2.13. The lowest BCUT2D eigenvalue weighted by atomic mass is 10.2. The summed E-state index contributed by atoms with van der Waals surface area (Å²) in [6.45, 7) is 1.39. The minimum Gasteiger partial charge on any atom is -0.449 e. The van der Waals surface area contributed by atoms with E-state index in [-0.39, 0.29) is 0 Å². The van der Waals surface area contributed by atoms with Crippen LogP contribution in [0, 0.1) is 3.57 Å². The van der Waals surface area contributed by atoms with Crippen LogP contribution in [-0.4, -0.2) is 31.1 Å². The third kappa shape index (κ3) is 4.51. The summed E-state index contributed by atoms with van der Waals surface area (Å²) in [4.78, 5) is 34.3. The largest absolute Gasteiger partial charge is 0.449 e. The molecule has 0 aliphatic heterocycles. The number of imide groups is 1. The Morgan fingerprint density at radius 3 is 2.47 bits per heavy atom. The number of hydrogen-bond donors (Lipinski definition) is 2. The number of carbonyl (C=O) groups excluding carboxylic acids is 3. The zero-order valence-corrected chi connectivity index (χ0v) is 12.6. The number of benzene rings is 1. The van der Waals surface area contributed by atoms with Gasteiger partial charge in [-0.25, -0.2) is 9.59 Å². The van der Waals surface area contributed by atoms with Crippen LogP contribution in [0.5, 0.6) is 0 Å². The molecule has 1 aromatic carbocycles. The Bertz CT molecular complexity index is 504. The Hall–Kier alpha value is -1.64. The maximum atomic E-state index is 11.8. The van der Waals surface area contributed by atoms with Crippen LogP contribution in [0.1, 0.15) is 17.3 Å². The molecule has 1 aromatic rings. The number of nitrogens with one attached hydrogen (secondary N) is 2. The molecule has 0 aromatic heterocycles. The molecule has 0 aliphatic carbocycles. The van der Waals surface area contributed by atoms with E-state index in [1.807, 2.05) is 27.9 Å². The van der Waals surface area contributed by atoms with Gasteiger partial charge in [0.25, 0.3) is 5.91 Å². The molecular formula is C12H13IN2O4. The molecule has 0 bridgehead atoms. The molecule has 0 radical (unpaired) electrons. The number of esters is 1. The van der Waals surface area contributed by atoms with Crippen molar-refractivity contribution >= 4 is 40.5 Å². The molecule has 0 aliphatic rings. The van der Waals surface area contributed by atoms with E-state index in [9.17, 15) is 14.4 Å². The summed E-state index contributed by atoms with van der Waals surface area (Å²) in [5.74, 6) is -1.29. The van der Waals surface area contributed by atoms with Crippen molar-refractivity contribution < 1.29 is 19.1 Å². The lowest BCUT2D eigenvalue weighted by molar-refractivity contribution is -0.127. The summed E-state index contributed by atoms with van der Waals surface area (Å²) in [6.07, 6.45) is -1.05. The Morgan fingerprint density at radius 1 is 1.26 bits per heavy atom. The second kappa shape index (κ2) is 7.07. The predicted molar refractivity (Wildman–Crippen MR) is 76.6 cm³/mol. The predicted octanol–water partition coefficient (Wildman–Crippen LogP) is 1.29. The molecule has 1 rings (SSSR count). The highest BCUT2D eigenvalue weighted by atomic mass is 127. The van der Waals surface area contributed by atoms with Gasteiger partial charge in [-0.2, -0.15) is 0 Å². The third-order valence-electron chi connectivity index (χ3n) is 2.21. The van der Waals surface area contributed by atoms with Gasteiger partial charge in [0.2, 0.25) is 0 Å². The molecule has 19 heavy (non-hydrogen) atoms. The number of halogens is 1. The molecule has 1 atom stereocenters. The number of rotatable bonds is 3. The molecule has 0 heterocycles. The van der Waals surface area contributed by atoms with Crippen molar-refractivity contribution in [2.75, 3.05) is 7.05 Å². The van der Waals surface area contributed by atoms with E-state index >= 15 is 0 Å². The summed E-state index contributed by atoms with van der Waals surface area (Å²) >= 11 is 2.00. The van der Waals surface area contributed by atoms with E-state index in [2.05, 4.69) is 5.32 Å². The second-order valence-electron chi connectivity index (χ2n) is 3.60. The van der Waals surface area contributed by atoms with Gasteiger partial charge in [0.1, 0.15) is 0 Å². The zero-order chi connectivity index (χ0) is 14.4. The SMILES string of the molecule is CNC(=O)NC(=O)[C@@H](C)OC(=O)c1ccccc1I. The van der Waals surface area contributed by atoms with E-state index in [4.69, 9.17) is 4.74 Å². The maximum Gasteiger partial charge on any atom is 0.339 e. The van der Waals surface area contributed by atoms with Crippen LogP contribution in [0.3, 0.4) is 0 Å². The van der Waals surface area contributed by atoms with Crippen molar-refractivity contribution in [3.63, 3.8) is 0 Å². The van der Waals surface area contributed by atoms with Crippen LogP contribution in [0.25, 0.3) is 0 Å². The number of carbonyl (C=O) groups is 3. The molecule has 0 spiro atoms. The summed E-state index contributed by atoms with van der Waals surface area (Å²) in [6, 6.07) is 6.20. The summed E-state index contributed by atoms with van der Waals surface area (Å²) < 4.78 is 5.71. The van der Waals surface area contributed by atoms with Gasteiger partial charge >= 0.3 is 12.0 Å². The third-order valence-corrected chi connectivity index (χ3v) is 3.15. The fourth-order valence-corrected chi connectivity index (χ4v) is 1.79. The summed E-state index contributed by atoms with van der Waals surface area (Å²) in [5.41, 5.74) is 0.377. The van der Waals surface area contributed by atoms with Crippen LogP contribution >= 0.6 is 22.6 Å². The van der Waals surface area contributed by atoms with Gasteiger partial charge in [0.15, 0.2) is 6.10 Å². The lowest BCUT2D eigenvalue weighted by Crippen LogP contribution is -2.43. The monoisotopic (exact) mass is 376 g/mol. The molecule has 0 saturated heterocycles. The minimum atomic E-state index is -1.05. The molecule has 7 heteroatoms. The van der Waals surface area contributed by atoms with Gasteiger partial charge in [-0.3, -0.25) is 10.1 Å². The van der Waals surface area contributed by atoms with Crippen LogP contribution in [0.2, 0.25) is 0 Å². The maximum absolute atomic E-state index is 11.8. The number of amides is 3. The first-order chi connectivity index (χ1) is 8.95. The van der Waals surface area contributed by atoms with Crippen LogP contribution in [0.15, 0.2) is 24.3 Å². The zero-order valence-electron chi connectivity index (χ0n) is 10.4. The fraction of sp³-hybridized carbons (Fsp3) is 0.250. The minimum absolute atomic E-state index is 0.377. The Balaban J connectivity index is 2.64. The number of hydrogen-bond acceptors (Lipinski definition) is 4. The van der Waals surface area contributed by atoms with E-state index in [1.165, 1.54) is 14.0 Å². The van der Waals surface area contributed by atoms with Gasteiger partial charge in [-0.1, -0.05) is 12.1 Å². The van der Waals surface area contributed by atoms with Crippen LogP contribution < -0.4 is 10.6 Å². The quantitative estimate of drug-likeness (QED) is 0.615. The van der Waals surface area contributed by atoms with E-state index in [1.54, 1.807) is 24.3 Å². The first kappa shape index (κ1) is 15.4. The first-order valence-corrected chi connectivity index (χ1v) is 6.51. The van der Waals surface area contributed by atoms with Gasteiger partial charge in [-0.05, 0) is 41.6 Å². The highest BCUT2D eigenvalue weighted by Gasteiger charge is 2.21. The highest BCUT2D eigenvalue weighted by Crippen LogP contribution is 2.13. The Labute approximate surface area is 124 Å². The average molecular weight is 376 g/mol. The Kier molecular flexibility index (Phi) is 5.74. The van der Waals surface area contributed by atoms with Gasteiger partial charge in [0.05, 0.1) is 5.56 Å². The van der Waals surface area contributed by atoms with E-state index in [0.29, 0.717) is 5.56 Å². The molecular weight excluding hydrogens is 363 g/mol. The molecule has 0 fully saturated rings. The normalized spacial score (nSPS) is 11.3. The van der Waals surface area contributed by atoms with Crippen LogP contribution in [0.4, 0.5) is 4.79 Å². The van der Waals surface area contributed by atoms with Crippen molar-refractivity contribution in [3.8, 4) is 0 Å². The van der Waals surface area contributed by atoms with Gasteiger partial charge in [-0.15, -0.1) is 0 Å². The highest BCUT2D eigenvalue weighted by molar-refractivity contribution is 14.1. The van der Waals surface area contributed by atoms with Crippen molar-refractivity contribution in [1.29, 1.82) is 0 Å². The summed E-state index contributed by atoms with van der Waals surface area (Å²) in [5, 5.41) is 4.27. The molecule has 102 valence electrons. The van der Waals surface area contributed by atoms with Crippen LogP contribution in [-0.2, 0) is 9.53 Å². The van der Waals surface area contributed by atoms with Crippen molar-refractivity contribution in [2.45, 2.75) is 13.0 Å². The average Bonchev–Trinajstić information content (AvgIpc) is 2.38.